The molecule has 0 fully saturated rings. The monoisotopic (exact) mass is 235 g/mol. The van der Waals surface area contributed by atoms with Crippen LogP contribution in [0.15, 0.2) is 15.5 Å². The number of aromatic nitrogens is 2. The van der Waals surface area contributed by atoms with Crippen molar-refractivity contribution < 1.29 is 0 Å². The molecule has 0 atom stereocenters. The van der Waals surface area contributed by atoms with Gasteiger partial charge in [-0.3, -0.25) is 0 Å². The Balaban J connectivity index is 3.08. The number of hydrogen-bond donors (Lipinski definition) is 0. The van der Waals surface area contributed by atoms with Crippen molar-refractivity contribution in [3.63, 3.8) is 0 Å². The Labute approximate surface area is 63.6 Å². The van der Waals surface area contributed by atoms with Crippen LogP contribution in [0.1, 0.15) is 0 Å². The van der Waals surface area contributed by atoms with Gasteiger partial charge in [0.15, 0.2) is 4.73 Å². The minimum Gasteiger partial charge on any atom is -0.230 e. The third-order valence-corrected chi connectivity index (χ3v) is 1.33. The van der Waals surface area contributed by atoms with Crippen molar-refractivity contribution in [3.05, 3.63) is 21.6 Å². The van der Waals surface area contributed by atoms with E-state index in [9.17, 15) is 0 Å². The van der Waals surface area contributed by atoms with Gasteiger partial charge in [-0.1, -0.05) is 0 Å². The molecule has 0 aliphatic heterocycles. The number of hydrogen-bond acceptors (Lipinski definition) is 2. The van der Waals surface area contributed by atoms with Crippen LogP contribution in [-0.2, 0) is 0 Å². The second-order valence-electron chi connectivity index (χ2n) is 1.07. The SMILES string of the molecule is Brc1[c]cnc(Br)n1. The summed E-state index contributed by atoms with van der Waals surface area (Å²) < 4.78 is 1.24. The molecule has 0 spiro atoms. The molecule has 1 radical (unpaired) electrons. The van der Waals surface area contributed by atoms with Crippen LogP contribution < -0.4 is 0 Å². The van der Waals surface area contributed by atoms with Gasteiger partial charge in [0.05, 0.1) is 0 Å². The Morgan fingerprint density at radius 1 is 1.50 bits per heavy atom. The Bertz CT molecular complexity index is 172. The first kappa shape index (κ1) is 6.16. The fraction of sp³-hybridized carbons (Fsp3) is 0. The lowest BCUT2D eigenvalue weighted by atomic mass is 10.7. The van der Waals surface area contributed by atoms with Crippen LogP contribution in [0.25, 0.3) is 0 Å². The molecule has 0 unspecified atom stereocenters. The Hall–Kier alpha value is 0.0400. The molecule has 1 aromatic heterocycles. The summed E-state index contributed by atoms with van der Waals surface area (Å²) in [5.41, 5.74) is 0. The zero-order chi connectivity index (χ0) is 5.98. The smallest absolute Gasteiger partial charge is 0.197 e. The quantitative estimate of drug-likeness (QED) is 0.507. The normalized spacial score (nSPS) is 9.25. The Morgan fingerprint density at radius 3 is 2.62 bits per heavy atom. The lowest BCUT2D eigenvalue weighted by molar-refractivity contribution is 1.08. The maximum absolute atomic E-state index is 3.84. The van der Waals surface area contributed by atoms with E-state index >= 15 is 0 Å². The third kappa shape index (κ3) is 1.52. The van der Waals surface area contributed by atoms with E-state index in [0.717, 1.165) is 0 Å². The highest BCUT2D eigenvalue weighted by Crippen LogP contribution is 2.06. The molecule has 0 bridgehead atoms. The van der Waals surface area contributed by atoms with Gasteiger partial charge in [-0.2, -0.15) is 0 Å². The molecular weight excluding hydrogens is 236 g/mol. The molecule has 4 heteroatoms. The van der Waals surface area contributed by atoms with Crippen molar-refractivity contribution in [1.82, 2.24) is 9.97 Å². The Morgan fingerprint density at radius 2 is 2.25 bits per heavy atom. The second kappa shape index (κ2) is 2.55. The van der Waals surface area contributed by atoms with Crippen LogP contribution in [0.5, 0.6) is 0 Å². The predicted octanol–water partition coefficient (Wildman–Crippen LogP) is 1.80. The summed E-state index contributed by atoms with van der Waals surface area (Å²) in [6.45, 7) is 0. The second-order valence-corrected chi connectivity index (χ2v) is 2.53. The van der Waals surface area contributed by atoms with E-state index in [1.807, 2.05) is 0 Å². The number of rotatable bonds is 0. The van der Waals surface area contributed by atoms with Crippen molar-refractivity contribution >= 4 is 31.9 Å². The van der Waals surface area contributed by atoms with Gasteiger partial charge in [0.25, 0.3) is 0 Å². The summed E-state index contributed by atoms with van der Waals surface area (Å²) in [6.07, 6.45) is 1.54. The maximum atomic E-state index is 3.84. The van der Waals surface area contributed by atoms with Gasteiger partial charge in [-0.25, -0.2) is 9.97 Å². The van der Waals surface area contributed by atoms with Gasteiger partial charge in [0.2, 0.25) is 0 Å². The van der Waals surface area contributed by atoms with E-state index in [0.29, 0.717) is 9.34 Å². The summed E-state index contributed by atoms with van der Waals surface area (Å²) in [5.74, 6) is 0. The summed E-state index contributed by atoms with van der Waals surface area (Å²) in [7, 11) is 0. The van der Waals surface area contributed by atoms with Crippen molar-refractivity contribution in [2.45, 2.75) is 0 Å². The van der Waals surface area contributed by atoms with Crippen LogP contribution in [-0.4, -0.2) is 9.97 Å². The van der Waals surface area contributed by atoms with E-state index < -0.39 is 0 Å². The first-order valence-corrected chi connectivity index (χ1v) is 3.43. The maximum Gasteiger partial charge on any atom is 0.197 e. The molecular formula is C4HBr2N2. The van der Waals surface area contributed by atoms with Crippen LogP contribution in [0.4, 0.5) is 0 Å². The molecule has 41 valence electrons. The van der Waals surface area contributed by atoms with Crippen LogP contribution >= 0.6 is 31.9 Å². The van der Waals surface area contributed by atoms with Crippen molar-refractivity contribution in [3.8, 4) is 0 Å². The lowest BCUT2D eigenvalue weighted by Gasteiger charge is -1.85. The first-order chi connectivity index (χ1) is 3.79. The van der Waals surface area contributed by atoms with Crippen LogP contribution in [0.3, 0.4) is 0 Å². The number of nitrogens with zero attached hydrogens (tertiary/aromatic N) is 2. The fourth-order valence-corrected chi connectivity index (χ4v) is 1.07. The van der Waals surface area contributed by atoms with E-state index in [4.69, 9.17) is 0 Å². The highest BCUT2D eigenvalue weighted by Gasteiger charge is 1.87. The number of halogens is 2. The molecule has 0 saturated carbocycles. The van der Waals surface area contributed by atoms with Gasteiger partial charge in [-0.15, -0.1) is 0 Å². The zero-order valence-electron chi connectivity index (χ0n) is 3.73. The fourth-order valence-electron chi connectivity index (χ4n) is 0.281. The topological polar surface area (TPSA) is 25.8 Å². The highest BCUT2D eigenvalue weighted by molar-refractivity contribution is 9.11. The highest BCUT2D eigenvalue weighted by atomic mass is 79.9. The minimum absolute atomic E-state index is 0.572. The molecule has 1 aromatic rings. The van der Waals surface area contributed by atoms with Gasteiger partial charge < -0.3 is 0 Å². The third-order valence-electron chi connectivity index (χ3n) is 0.545. The average Bonchev–Trinajstić information content (AvgIpc) is 1.64. The van der Waals surface area contributed by atoms with Crippen molar-refractivity contribution in [1.29, 1.82) is 0 Å². The van der Waals surface area contributed by atoms with E-state index in [2.05, 4.69) is 47.9 Å². The van der Waals surface area contributed by atoms with Crippen LogP contribution in [0, 0.1) is 6.07 Å². The molecule has 8 heavy (non-hydrogen) atoms. The van der Waals surface area contributed by atoms with E-state index in [1.54, 1.807) is 6.20 Å². The molecule has 0 amide bonds. The molecule has 0 saturated heterocycles. The molecule has 0 aromatic carbocycles. The van der Waals surface area contributed by atoms with Crippen LogP contribution in [0.2, 0.25) is 0 Å². The summed E-state index contributed by atoms with van der Waals surface area (Å²) in [6, 6.07) is 2.74. The summed E-state index contributed by atoms with van der Waals surface area (Å²) in [4.78, 5) is 7.60. The molecule has 0 aliphatic carbocycles. The largest absolute Gasteiger partial charge is 0.230 e. The lowest BCUT2D eigenvalue weighted by Crippen LogP contribution is -1.79. The van der Waals surface area contributed by atoms with E-state index in [1.165, 1.54) is 0 Å². The molecule has 0 N–H and O–H groups in total. The Kier molecular flexibility index (Phi) is 1.96. The standard InChI is InChI=1S/C4HBr2N2/c5-3-1-2-7-4(6)8-3/h2H. The molecule has 2 nitrogen and oxygen atoms in total. The van der Waals surface area contributed by atoms with Crippen molar-refractivity contribution in [2.75, 3.05) is 0 Å². The van der Waals surface area contributed by atoms with Gasteiger partial charge in [-0.05, 0) is 31.9 Å². The van der Waals surface area contributed by atoms with Gasteiger partial charge in [0, 0.05) is 12.3 Å². The predicted molar refractivity (Wildman–Crippen MR) is 36.3 cm³/mol. The zero-order valence-corrected chi connectivity index (χ0v) is 6.90. The molecule has 0 aliphatic rings. The summed E-state index contributed by atoms with van der Waals surface area (Å²) >= 11 is 6.22. The molecule has 1 heterocycles. The van der Waals surface area contributed by atoms with Gasteiger partial charge in [0.1, 0.15) is 4.60 Å². The summed E-state index contributed by atoms with van der Waals surface area (Å²) in [5, 5.41) is 0. The average molecular weight is 237 g/mol. The van der Waals surface area contributed by atoms with E-state index in [-0.39, 0.29) is 0 Å². The first-order valence-electron chi connectivity index (χ1n) is 1.85. The minimum atomic E-state index is 0.572. The van der Waals surface area contributed by atoms with Gasteiger partial charge >= 0.3 is 0 Å². The van der Waals surface area contributed by atoms with Crippen molar-refractivity contribution in [2.24, 2.45) is 0 Å². The molecule has 1 rings (SSSR count).